The molecule has 5 nitrogen and oxygen atoms in total. The standard InChI is InChI=1S/C20H22FN3O2.ClH/c1-13(16-11-22-12-16)19(25)23-10-14-4-2-7-18(8-14)24-20(26)15-5-3-6-17(21)9-15;/h2-9,13,16,22H,10-12H2,1H3,(H,23,25)(H,24,26);1H. The van der Waals surface area contributed by atoms with E-state index in [-0.39, 0.29) is 35.7 Å². The van der Waals surface area contributed by atoms with E-state index in [9.17, 15) is 14.0 Å². The number of carbonyl (C=O) groups excluding carboxylic acids is 2. The van der Waals surface area contributed by atoms with Crippen molar-refractivity contribution < 1.29 is 14.0 Å². The minimum atomic E-state index is -0.454. The summed E-state index contributed by atoms with van der Waals surface area (Å²) in [6.07, 6.45) is 0. The third-order valence-electron chi connectivity index (χ3n) is 4.67. The lowest BCUT2D eigenvalue weighted by atomic mass is 9.88. The fourth-order valence-corrected chi connectivity index (χ4v) is 2.82. The van der Waals surface area contributed by atoms with E-state index in [1.165, 1.54) is 18.2 Å². The van der Waals surface area contributed by atoms with E-state index >= 15 is 0 Å². The molecule has 0 aliphatic carbocycles. The van der Waals surface area contributed by atoms with Crippen LogP contribution < -0.4 is 16.0 Å². The molecule has 144 valence electrons. The van der Waals surface area contributed by atoms with E-state index in [0.29, 0.717) is 18.2 Å². The Hall–Kier alpha value is -2.44. The fraction of sp³-hybridized carbons (Fsp3) is 0.300. The van der Waals surface area contributed by atoms with Crippen molar-refractivity contribution >= 4 is 29.9 Å². The molecule has 0 saturated carbocycles. The van der Waals surface area contributed by atoms with Gasteiger partial charge in [0.2, 0.25) is 5.91 Å². The van der Waals surface area contributed by atoms with E-state index in [2.05, 4.69) is 16.0 Å². The molecule has 7 heteroatoms. The van der Waals surface area contributed by atoms with Crippen LogP contribution in [-0.4, -0.2) is 24.9 Å². The SMILES string of the molecule is CC(C(=O)NCc1cccc(NC(=O)c2cccc(F)c2)c1)C1CNC1.Cl. The van der Waals surface area contributed by atoms with Crippen molar-refractivity contribution in [3.05, 3.63) is 65.5 Å². The Morgan fingerprint density at radius 2 is 1.93 bits per heavy atom. The van der Waals surface area contributed by atoms with Crippen LogP contribution in [0.1, 0.15) is 22.8 Å². The molecule has 1 atom stereocenters. The monoisotopic (exact) mass is 391 g/mol. The van der Waals surface area contributed by atoms with E-state index in [1.54, 1.807) is 18.2 Å². The van der Waals surface area contributed by atoms with Gasteiger partial charge in [-0.1, -0.05) is 25.1 Å². The molecule has 0 bridgehead atoms. The summed E-state index contributed by atoms with van der Waals surface area (Å²) in [6.45, 7) is 4.11. The summed E-state index contributed by atoms with van der Waals surface area (Å²) in [5, 5.41) is 8.85. The van der Waals surface area contributed by atoms with Crippen molar-refractivity contribution in [3.8, 4) is 0 Å². The van der Waals surface area contributed by atoms with Gasteiger partial charge < -0.3 is 16.0 Å². The molecule has 2 aromatic rings. The minimum absolute atomic E-state index is 0. The van der Waals surface area contributed by atoms with Crippen molar-refractivity contribution in [2.45, 2.75) is 13.5 Å². The highest BCUT2D eigenvalue weighted by atomic mass is 35.5. The van der Waals surface area contributed by atoms with Gasteiger partial charge in [-0.05, 0) is 54.9 Å². The van der Waals surface area contributed by atoms with E-state index in [1.807, 2.05) is 19.1 Å². The third kappa shape index (κ3) is 5.52. The largest absolute Gasteiger partial charge is 0.352 e. The Morgan fingerprint density at radius 3 is 2.59 bits per heavy atom. The lowest BCUT2D eigenvalue weighted by Gasteiger charge is -2.31. The summed E-state index contributed by atoms with van der Waals surface area (Å²) in [4.78, 5) is 24.4. The average Bonchev–Trinajstić information content (AvgIpc) is 2.58. The van der Waals surface area contributed by atoms with Crippen LogP contribution in [0.25, 0.3) is 0 Å². The molecular weight excluding hydrogens is 369 g/mol. The second kappa shape index (κ2) is 9.48. The summed E-state index contributed by atoms with van der Waals surface area (Å²) in [5.74, 6) is -0.425. The zero-order valence-corrected chi connectivity index (χ0v) is 15.8. The van der Waals surface area contributed by atoms with Crippen LogP contribution in [0.2, 0.25) is 0 Å². The molecule has 1 aliphatic rings. The summed E-state index contributed by atoms with van der Waals surface area (Å²) in [7, 11) is 0. The molecular formula is C20H23ClFN3O2. The van der Waals surface area contributed by atoms with Gasteiger partial charge in [0.05, 0.1) is 0 Å². The van der Waals surface area contributed by atoms with Crippen molar-refractivity contribution in [2.75, 3.05) is 18.4 Å². The summed E-state index contributed by atoms with van der Waals surface area (Å²) < 4.78 is 13.2. The molecule has 1 saturated heterocycles. The van der Waals surface area contributed by atoms with Crippen LogP contribution in [0, 0.1) is 17.7 Å². The second-order valence-corrected chi connectivity index (χ2v) is 6.59. The Labute approximate surface area is 164 Å². The van der Waals surface area contributed by atoms with Gasteiger partial charge in [-0.3, -0.25) is 9.59 Å². The molecule has 1 unspecified atom stereocenters. The van der Waals surface area contributed by atoms with Crippen LogP contribution in [0.3, 0.4) is 0 Å². The maximum atomic E-state index is 13.2. The van der Waals surface area contributed by atoms with Gasteiger partial charge in [0.15, 0.2) is 0 Å². The minimum Gasteiger partial charge on any atom is -0.352 e. The summed E-state index contributed by atoms with van der Waals surface area (Å²) in [5.41, 5.74) is 1.74. The molecule has 2 amide bonds. The smallest absolute Gasteiger partial charge is 0.255 e. The lowest BCUT2D eigenvalue weighted by molar-refractivity contribution is -0.126. The van der Waals surface area contributed by atoms with E-state index in [4.69, 9.17) is 0 Å². The fourth-order valence-electron chi connectivity index (χ4n) is 2.82. The molecule has 3 rings (SSSR count). The Bertz CT molecular complexity index is 811. The van der Waals surface area contributed by atoms with Crippen LogP contribution in [-0.2, 0) is 11.3 Å². The van der Waals surface area contributed by atoms with Gasteiger partial charge in [-0.25, -0.2) is 4.39 Å². The highest BCUT2D eigenvalue weighted by Crippen LogP contribution is 2.17. The van der Waals surface area contributed by atoms with Crippen molar-refractivity contribution in [3.63, 3.8) is 0 Å². The topological polar surface area (TPSA) is 70.2 Å². The van der Waals surface area contributed by atoms with Crippen LogP contribution in [0.4, 0.5) is 10.1 Å². The van der Waals surface area contributed by atoms with Gasteiger partial charge in [-0.15, -0.1) is 12.4 Å². The number of hydrogen-bond donors (Lipinski definition) is 3. The Balaban J connectivity index is 0.00000261. The van der Waals surface area contributed by atoms with Crippen LogP contribution >= 0.6 is 12.4 Å². The highest BCUT2D eigenvalue weighted by molar-refractivity contribution is 6.04. The van der Waals surface area contributed by atoms with Crippen molar-refractivity contribution in [1.82, 2.24) is 10.6 Å². The van der Waals surface area contributed by atoms with Gasteiger partial charge >= 0.3 is 0 Å². The molecule has 1 aliphatic heterocycles. The van der Waals surface area contributed by atoms with E-state index < -0.39 is 5.82 Å². The predicted molar refractivity (Wildman–Crippen MR) is 105 cm³/mol. The Morgan fingerprint density at radius 1 is 1.19 bits per heavy atom. The first kappa shape index (κ1) is 20.9. The second-order valence-electron chi connectivity index (χ2n) is 6.59. The zero-order valence-electron chi connectivity index (χ0n) is 15.0. The number of anilines is 1. The highest BCUT2D eigenvalue weighted by Gasteiger charge is 2.28. The maximum absolute atomic E-state index is 13.2. The van der Waals surface area contributed by atoms with E-state index in [0.717, 1.165) is 18.7 Å². The first-order valence-electron chi connectivity index (χ1n) is 8.67. The van der Waals surface area contributed by atoms with Crippen molar-refractivity contribution in [2.24, 2.45) is 11.8 Å². The number of benzene rings is 2. The summed E-state index contributed by atoms with van der Waals surface area (Å²) >= 11 is 0. The maximum Gasteiger partial charge on any atom is 0.255 e. The molecule has 0 spiro atoms. The van der Waals surface area contributed by atoms with Gasteiger partial charge in [-0.2, -0.15) is 0 Å². The van der Waals surface area contributed by atoms with Crippen LogP contribution in [0.5, 0.6) is 0 Å². The molecule has 1 fully saturated rings. The average molecular weight is 392 g/mol. The molecule has 27 heavy (non-hydrogen) atoms. The van der Waals surface area contributed by atoms with Crippen LogP contribution in [0.15, 0.2) is 48.5 Å². The third-order valence-corrected chi connectivity index (χ3v) is 4.67. The van der Waals surface area contributed by atoms with Gasteiger partial charge in [0.1, 0.15) is 5.82 Å². The quantitative estimate of drug-likeness (QED) is 0.709. The summed E-state index contributed by atoms with van der Waals surface area (Å²) in [6, 6.07) is 12.8. The van der Waals surface area contributed by atoms with Gasteiger partial charge in [0, 0.05) is 23.7 Å². The Kier molecular flexibility index (Phi) is 7.33. The molecule has 0 radical (unpaired) electrons. The predicted octanol–water partition coefficient (Wildman–Crippen LogP) is 2.97. The molecule has 2 aromatic carbocycles. The number of carbonyl (C=O) groups is 2. The first-order chi connectivity index (χ1) is 12.5. The number of rotatable bonds is 6. The van der Waals surface area contributed by atoms with Gasteiger partial charge in [0.25, 0.3) is 5.91 Å². The molecule has 0 aromatic heterocycles. The number of halogens is 2. The van der Waals surface area contributed by atoms with Crippen molar-refractivity contribution in [1.29, 1.82) is 0 Å². The lowest BCUT2D eigenvalue weighted by Crippen LogP contribution is -2.49. The first-order valence-corrected chi connectivity index (χ1v) is 8.67. The number of amides is 2. The molecule has 1 heterocycles. The molecule has 3 N–H and O–H groups in total. The number of nitrogens with one attached hydrogen (secondary N) is 3. The number of hydrogen-bond acceptors (Lipinski definition) is 3. The zero-order chi connectivity index (χ0) is 18.5. The normalized spacial score (nSPS) is 14.4.